The Morgan fingerprint density at radius 3 is 2.84 bits per heavy atom. The molecule has 0 aliphatic carbocycles. The molecule has 19 heavy (non-hydrogen) atoms. The van der Waals surface area contributed by atoms with Crippen LogP contribution in [0.1, 0.15) is 17.6 Å². The average molecular weight is 253 g/mol. The maximum atomic E-state index is 6.17. The van der Waals surface area contributed by atoms with Crippen LogP contribution in [-0.2, 0) is 13.5 Å². The number of hydrogen-bond donors (Lipinski definition) is 1. The van der Waals surface area contributed by atoms with E-state index in [1.165, 1.54) is 6.33 Å². The van der Waals surface area contributed by atoms with Crippen molar-refractivity contribution in [1.29, 1.82) is 0 Å². The Hall–Kier alpha value is -2.27. The second-order valence-corrected chi connectivity index (χ2v) is 4.52. The van der Waals surface area contributed by atoms with Gasteiger partial charge in [0.25, 0.3) is 0 Å². The Morgan fingerprint density at radius 2 is 2.11 bits per heavy atom. The molecule has 1 atom stereocenters. The van der Waals surface area contributed by atoms with E-state index in [-0.39, 0.29) is 6.04 Å². The Balaban J connectivity index is 1.91. The van der Waals surface area contributed by atoms with Crippen LogP contribution in [0.5, 0.6) is 0 Å². The molecule has 2 aromatic heterocycles. The summed E-state index contributed by atoms with van der Waals surface area (Å²) in [5, 5.41) is 0. The first-order valence-electron chi connectivity index (χ1n) is 6.17. The number of nitrogens with two attached hydrogens (primary N) is 1. The molecule has 0 radical (unpaired) electrons. The SMILES string of the molecule is Cn1c(CC(N)c2ccncn2)nc2ccccc21. The minimum Gasteiger partial charge on any atom is -0.331 e. The summed E-state index contributed by atoms with van der Waals surface area (Å²) in [5.41, 5.74) is 9.12. The zero-order valence-corrected chi connectivity index (χ0v) is 10.7. The topological polar surface area (TPSA) is 69.6 Å². The van der Waals surface area contributed by atoms with Gasteiger partial charge in [0.05, 0.1) is 22.8 Å². The highest BCUT2D eigenvalue weighted by Gasteiger charge is 2.13. The van der Waals surface area contributed by atoms with Gasteiger partial charge in [-0.15, -0.1) is 0 Å². The van der Waals surface area contributed by atoms with E-state index in [2.05, 4.69) is 25.6 Å². The number of hydrogen-bond acceptors (Lipinski definition) is 4. The Bertz CT molecular complexity index is 689. The van der Waals surface area contributed by atoms with Crippen LogP contribution in [0, 0.1) is 0 Å². The number of benzene rings is 1. The van der Waals surface area contributed by atoms with Crippen molar-refractivity contribution in [3.8, 4) is 0 Å². The van der Waals surface area contributed by atoms with Crippen LogP contribution in [0.4, 0.5) is 0 Å². The molecule has 0 aliphatic rings. The van der Waals surface area contributed by atoms with Crippen molar-refractivity contribution in [2.45, 2.75) is 12.5 Å². The summed E-state index contributed by atoms with van der Waals surface area (Å²) in [6.07, 6.45) is 3.88. The first kappa shape index (κ1) is 11.8. The van der Waals surface area contributed by atoms with Crippen LogP contribution in [0.25, 0.3) is 11.0 Å². The summed E-state index contributed by atoms with van der Waals surface area (Å²) in [6, 6.07) is 9.74. The van der Waals surface area contributed by atoms with E-state index in [4.69, 9.17) is 5.73 Å². The molecule has 3 rings (SSSR count). The Kier molecular flexibility index (Phi) is 2.97. The molecule has 1 aromatic carbocycles. The van der Waals surface area contributed by atoms with E-state index in [0.29, 0.717) is 6.42 Å². The standard InChI is InChI=1S/C14H15N5/c1-19-13-5-3-2-4-12(13)18-14(19)8-10(15)11-6-7-16-9-17-11/h2-7,9-10H,8,15H2,1H3. The minimum absolute atomic E-state index is 0.168. The molecule has 3 aromatic rings. The molecule has 5 heteroatoms. The average Bonchev–Trinajstić information content (AvgIpc) is 2.77. The van der Waals surface area contributed by atoms with Crippen molar-refractivity contribution in [2.24, 2.45) is 12.8 Å². The predicted octanol–water partition coefficient (Wildman–Crippen LogP) is 1.61. The lowest BCUT2D eigenvalue weighted by Crippen LogP contribution is -2.17. The summed E-state index contributed by atoms with van der Waals surface area (Å²) in [7, 11) is 2.01. The van der Waals surface area contributed by atoms with Gasteiger partial charge in [0.1, 0.15) is 12.2 Å². The lowest BCUT2D eigenvalue weighted by atomic mass is 10.1. The zero-order chi connectivity index (χ0) is 13.2. The summed E-state index contributed by atoms with van der Waals surface area (Å²) in [5.74, 6) is 0.965. The third kappa shape index (κ3) is 2.20. The third-order valence-corrected chi connectivity index (χ3v) is 3.27. The van der Waals surface area contributed by atoms with Gasteiger partial charge in [0.15, 0.2) is 0 Å². The number of aromatic nitrogens is 4. The van der Waals surface area contributed by atoms with Gasteiger partial charge >= 0.3 is 0 Å². The molecule has 0 aliphatic heterocycles. The van der Waals surface area contributed by atoms with E-state index < -0.39 is 0 Å². The van der Waals surface area contributed by atoms with Gasteiger partial charge in [-0.3, -0.25) is 0 Å². The molecule has 5 nitrogen and oxygen atoms in total. The highest BCUT2D eigenvalue weighted by Crippen LogP contribution is 2.18. The maximum Gasteiger partial charge on any atom is 0.115 e. The molecular weight excluding hydrogens is 238 g/mol. The number of rotatable bonds is 3. The number of imidazole rings is 1. The van der Waals surface area contributed by atoms with Crippen molar-refractivity contribution in [2.75, 3.05) is 0 Å². The van der Waals surface area contributed by atoms with Gasteiger partial charge in [-0.2, -0.15) is 0 Å². The van der Waals surface area contributed by atoms with Gasteiger partial charge in [-0.05, 0) is 18.2 Å². The van der Waals surface area contributed by atoms with Gasteiger partial charge < -0.3 is 10.3 Å². The molecule has 0 amide bonds. The van der Waals surface area contributed by atoms with Crippen LogP contribution in [0.3, 0.4) is 0 Å². The first-order chi connectivity index (χ1) is 9.25. The van der Waals surface area contributed by atoms with Crippen molar-refractivity contribution in [3.05, 3.63) is 54.4 Å². The fraction of sp³-hybridized carbons (Fsp3) is 0.214. The molecule has 2 N–H and O–H groups in total. The van der Waals surface area contributed by atoms with E-state index in [0.717, 1.165) is 22.6 Å². The smallest absolute Gasteiger partial charge is 0.115 e. The van der Waals surface area contributed by atoms with Crippen molar-refractivity contribution >= 4 is 11.0 Å². The lowest BCUT2D eigenvalue weighted by molar-refractivity contribution is 0.646. The Labute approximate surface area is 111 Å². The molecule has 2 heterocycles. The fourth-order valence-corrected chi connectivity index (χ4v) is 2.20. The zero-order valence-electron chi connectivity index (χ0n) is 10.7. The van der Waals surface area contributed by atoms with Gasteiger partial charge in [0.2, 0.25) is 0 Å². The number of para-hydroxylation sites is 2. The molecule has 0 spiro atoms. The van der Waals surface area contributed by atoms with E-state index in [1.807, 2.05) is 31.3 Å². The number of aryl methyl sites for hydroxylation is 1. The highest BCUT2D eigenvalue weighted by atomic mass is 15.1. The molecule has 0 saturated carbocycles. The molecule has 96 valence electrons. The normalized spacial score (nSPS) is 12.7. The summed E-state index contributed by atoms with van der Waals surface area (Å²) in [4.78, 5) is 12.7. The molecule has 0 saturated heterocycles. The molecule has 0 fully saturated rings. The summed E-state index contributed by atoms with van der Waals surface area (Å²) in [6.45, 7) is 0. The van der Waals surface area contributed by atoms with Crippen LogP contribution in [0.2, 0.25) is 0 Å². The van der Waals surface area contributed by atoms with Crippen molar-refractivity contribution < 1.29 is 0 Å². The highest BCUT2D eigenvalue weighted by molar-refractivity contribution is 5.75. The van der Waals surface area contributed by atoms with Gasteiger partial charge in [-0.25, -0.2) is 15.0 Å². The Morgan fingerprint density at radius 1 is 1.26 bits per heavy atom. The predicted molar refractivity (Wildman–Crippen MR) is 73.4 cm³/mol. The second kappa shape index (κ2) is 4.78. The molecule has 0 bridgehead atoms. The third-order valence-electron chi connectivity index (χ3n) is 3.27. The molecular formula is C14H15N5. The first-order valence-corrected chi connectivity index (χ1v) is 6.17. The van der Waals surface area contributed by atoms with E-state index in [9.17, 15) is 0 Å². The quantitative estimate of drug-likeness (QED) is 0.769. The second-order valence-electron chi connectivity index (χ2n) is 4.52. The van der Waals surface area contributed by atoms with Crippen molar-refractivity contribution in [3.63, 3.8) is 0 Å². The fourth-order valence-electron chi connectivity index (χ4n) is 2.20. The molecule has 1 unspecified atom stereocenters. The monoisotopic (exact) mass is 253 g/mol. The number of nitrogens with zero attached hydrogens (tertiary/aromatic N) is 4. The van der Waals surface area contributed by atoms with E-state index in [1.54, 1.807) is 6.20 Å². The number of fused-ring (bicyclic) bond motifs is 1. The largest absolute Gasteiger partial charge is 0.331 e. The minimum atomic E-state index is -0.168. The van der Waals surface area contributed by atoms with Crippen LogP contribution in [-0.4, -0.2) is 19.5 Å². The van der Waals surface area contributed by atoms with Crippen LogP contribution >= 0.6 is 0 Å². The van der Waals surface area contributed by atoms with Crippen molar-refractivity contribution in [1.82, 2.24) is 19.5 Å². The van der Waals surface area contributed by atoms with E-state index >= 15 is 0 Å². The lowest BCUT2D eigenvalue weighted by Gasteiger charge is -2.10. The maximum absolute atomic E-state index is 6.17. The summed E-state index contributed by atoms with van der Waals surface area (Å²) < 4.78 is 2.08. The van der Waals surface area contributed by atoms with Crippen LogP contribution < -0.4 is 5.73 Å². The van der Waals surface area contributed by atoms with Gasteiger partial charge in [0, 0.05) is 19.7 Å². The van der Waals surface area contributed by atoms with Gasteiger partial charge in [-0.1, -0.05) is 12.1 Å². The summed E-state index contributed by atoms with van der Waals surface area (Å²) >= 11 is 0. The van der Waals surface area contributed by atoms with Crippen LogP contribution in [0.15, 0.2) is 42.9 Å².